The minimum absolute atomic E-state index is 0.117. The lowest BCUT2D eigenvalue weighted by molar-refractivity contribution is -0.167. The average Bonchev–Trinajstić information content (AvgIpc) is 2.86. The van der Waals surface area contributed by atoms with Crippen molar-refractivity contribution >= 4 is 0 Å². The Morgan fingerprint density at radius 2 is 2.10 bits per heavy atom. The van der Waals surface area contributed by atoms with E-state index in [2.05, 4.69) is 10.4 Å². The van der Waals surface area contributed by atoms with Crippen LogP contribution in [-0.4, -0.2) is 41.9 Å². The molecule has 21 heavy (non-hydrogen) atoms. The van der Waals surface area contributed by atoms with Crippen LogP contribution in [0.25, 0.3) is 0 Å². The molecule has 122 valence electrons. The minimum atomic E-state index is -4.12. The number of aromatic nitrogens is 2. The quantitative estimate of drug-likeness (QED) is 0.675. The van der Waals surface area contributed by atoms with Crippen LogP contribution in [0, 0.1) is 0 Å². The molecule has 0 aliphatic carbocycles. The van der Waals surface area contributed by atoms with Crippen molar-refractivity contribution in [2.45, 2.75) is 45.2 Å². The van der Waals surface area contributed by atoms with E-state index in [0.29, 0.717) is 6.54 Å². The van der Waals surface area contributed by atoms with E-state index in [1.54, 1.807) is 17.1 Å². The fraction of sp³-hybridized carbons (Fsp3) is 0.769. The average molecular weight is 311 g/mol. The van der Waals surface area contributed by atoms with Gasteiger partial charge in [-0.05, 0) is 13.0 Å². The highest BCUT2D eigenvalue weighted by Crippen LogP contribution is 2.23. The molecule has 4 nitrogen and oxygen atoms in total. The number of hydrogen-bond acceptors (Lipinski definition) is 3. The third kappa shape index (κ3) is 5.62. The smallest absolute Gasteiger partial charge is 0.330 e. The summed E-state index contributed by atoms with van der Waals surface area (Å²) in [5.74, 6) is -4.12. The Labute approximate surface area is 121 Å². The van der Waals surface area contributed by atoms with Crippen LogP contribution in [0.2, 0.25) is 0 Å². The van der Waals surface area contributed by atoms with Gasteiger partial charge in [0.25, 0.3) is 0 Å². The van der Waals surface area contributed by atoms with Crippen LogP contribution in [0.4, 0.5) is 17.6 Å². The second-order valence-electron chi connectivity index (χ2n) is 4.72. The summed E-state index contributed by atoms with van der Waals surface area (Å²) in [5.41, 5.74) is 0.783. The van der Waals surface area contributed by atoms with Gasteiger partial charge in [0.15, 0.2) is 0 Å². The second kappa shape index (κ2) is 8.33. The summed E-state index contributed by atoms with van der Waals surface area (Å²) in [7, 11) is 0. The van der Waals surface area contributed by atoms with Gasteiger partial charge in [-0.1, -0.05) is 13.8 Å². The molecule has 1 heterocycles. The topological polar surface area (TPSA) is 39.1 Å². The van der Waals surface area contributed by atoms with E-state index < -0.39 is 19.0 Å². The predicted molar refractivity (Wildman–Crippen MR) is 70.7 cm³/mol. The van der Waals surface area contributed by atoms with Crippen LogP contribution < -0.4 is 5.32 Å². The molecule has 0 amide bonds. The van der Waals surface area contributed by atoms with Crippen molar-refractivity contribution in [2.75, 3.05) is 19.8 Å². The number of likely N-dealkylation sites (N-methyl/N-ethyl adjacent to an activating group) is 1. The first-order valence-corrected chi connectivity index (χ1v) is 6.90. The number of alkyl halides is 4. The van der Waals surface area contributed by atoms with Gasteiger partial charge < -0.3 is 10.1 Å². The zero-order chi connectivity index (χ0) is 15.9. The first-order chi connectivity index (χ1) is 9.90. The Bertz CT molecular complexity index is 412. The van der Waals surface area contributed by atoms with E-state index >= 15 is 0 Å². The monoisotopic (exact) mass is 311 g/mol. The summed E-state index contributed by atoms with van der Waals surface area (Å²) in [4.78, 5) is 0. The molecule has 1 N–H and O–H groups in total. The van der Waals surface area contributed by atoms with Gasteiger partial charge in [-0.3, -0.25) is 4.68 Å². The summed E-state index contributed by atoms with van der Waals surface area (Å²) >= 11 is 0. The summed E-state index contributed by atoms with van der Waals surface area (Å²) in [6.45, 7) is 3.81. The molecule has 1 rings (SSSR count). The lowest BCUT2D eigenvalue weighted by Gasteiger charge is -2.19. The van der Waals surface area contributed by atoms with Crippen LogP contribution >= 0.6 is 0 Å². The maximum absolute atomic E-state index is 12.8. The summed E-state index contributed by atoms with van der Waals surface area (Å²) in [6.07, 6.45) is 0.620. The normalized spacial score (nSPS) is 13.9. The first-order valence-electron chi connectivity index (χ1n) is 6.90. The van der Waals surface area contributed by atoms with Crippen molar-refractivity contribution in [1.82, 2.24) is 15.1 Å². The van der Waals surface area contributed by atoms with Crippen LogP contribution in [-0.2, 0) is 11.3 Å². The standard InChI is InChI=1S/C13H21F4N3O/c1-3-5-20-7-10(6-19-20)11(18-4-2)8-21-9-13(16,17)12(14)15/h6-7,11-12,18H,3-5,8-9H2,1-2H3. The van der Waals surface area contributed by atoms with Gasteiger partial charge in [-0.2, -0.15) is 13.9 Å². The third-order valence-corrected chi connectivity index (χ3v) is 2.86. The zero-order valence-electron chi connectivity index (χ0n) is 12.2. The molecule has 0 fully saturated rings. The minimum Gasteiger partial charge on any atom is -0.373 e. The maximum atomic E-state index is 12.8. The van der Waals surface area contributed by atoms with Gasteiger partial charge in [-0.15, -0.1) is 0 Å². The Kier molecular flexibility index (Phi) is 7.10. The molecule has 0 radical (unpaired) electrons. The predicted octanol–water partition coefficient (Wildman–Crippen LogP) is 2.86. The molecule has 0 aliphatic heterocycles. The molecule has 0 aromatic carbocycles. The fourth-order valence-electron chi connectivity index (χ4n) is 1.81. The number of halogens is 4. The maximum Gasteiger partial charge on any atom is 0.330 e. The molecule has 0 spiro atoms. The van der Waals surface area contributed by atoms with E-state index in [1.165, 1.54) is 0 Å². The Balaban J connectivity index is 2.57. The largest absolute Gasteiger partial charge is 0.373 e. The van der Waals surface area contributed by atoms with Gasteiger partial charge in [0, 0.05) is 18.3 Å². The number of hydrogen-bond donors (Lipinski definition) is 1. The van der Waals surface area contributed by atoms with E-state index in [0.717, 1.165) is 18.5 Å². The summed E-state index contributed by atoms with van der Waals surface area (Å²) in [6, 6.07) is -0.353. The van der Waals surface area contributed by atoms with Crippen LogP contribution in [0.1, 0.15) is 31.9 Å². The Hall–Kier alpha value is -1.15. The lowest BCUT2D eigenvalue weighted by atomic mass is 10.2. The number of nitrogens with zero attached hydrogens (tertiary/aromatic N) is 2. The Morgan fingerprint density at radius 3 is 2.67 bits per heavy atom. The fourth-order valence-corrected chi connectivity index (χ4v) is 1.81. The number of aryl methyl sites for hydroxylation is 1. The first kappa shape index (κ1) is 17.9. The Morgan fingerprint density at radius 1 is 1.38 bits per heavy atom. The molecule has 8 heteroatoms. The molecule has 1 aromatic heterocycles. The summed E-state index contributed by atoms with van der Waals surface area (Å²) in [5, 5.41) is 7.21. The molecule has 0 bridgehead atoms. The molecule has 1 unspecified atom stereocenters. The molecule has 0 aliphatic rings. The van der Waals surface area contributed by atoms with Crippen molar-refractivity contribution in [3.8, 4) is 0 Å². The SMILES string of the molecule is CCCn1cc(C(COCC(F)(F)C(F)F)NCC)cn1. The van der Waals surface area contributed by atoms with Crippen molar-refractivity contribution in [3.05, 3.63) is 18.0 Å². The van der Waals surface area contributed by atoms with Crippen LogP contribution in [0.5, 0.6) is 0 Å². The van der Waals surface area contributed by atoms with Gasteiger partial charge in [0.2, 0.25) is 0 Å². The van der Waals surface area contributed by atoms with Crippen LogP contribution in [0.15, 0.2) is 12.4 Å². The molecule has 1 aromatic rings. The van der Waals surface area contributed by atoms with Gasteiger partial charge in [0.1, 0.15) is 6.61 Å². The highest BCUT2D eigenvalue weighted by molar-refractivity contribution is 5.10. The van der Waals surface area contributed by atoms with E-state index in [-0.39, 0.29) is 12.6 Å². The van der Waals surface area contributed by atoms with E-state index in [9.17, 15) is 17.6 Å². The number of rotatable bonds is 10. The van der Waals surface area contributed by atoms with Gasteiger partial charge in [0.05, 0.1) is 18.8 Å². The zero-order valence-corrected chi connectivity index (χ0v) is 12.2. The van der Waals surface area contributed by atoms with E-state index in [4.69, 9.17) is 4.74 Å². The van der Waals surface area contributed by atoms with E-state index in [1.807, 2.05) is 13.8 Å². The molecule has 0 saturated carbocycles. The second-order valence-corrected chi connectivity index (χ2v) is 4.72. The van der Waals surface area contributed by atoms with Crippen molar-refractivity contribution in [3.63, 3.8) is 0 Å². The van der Waals surface area contributed by atoms with Crippen molar-refractivity contribution in [2.24, 2.45) is 0 Å². The highest BCUT2D eigenvalue weighted by atomic mass is 19.3. The number of ether oxygens (including phenoxy) is 1. The third-order valence-electron chi connectivity index (χ3n) is 2.86. The van der Waals surface area contributed by atoms with Crippen molar-refractivity contribution in [1.29, 1.82) is 0 Å². The molecule has 1 atom stereocenters. The van der Waals surface area contributed by atoms with Gasteiger partial charge >= 0.3 is 12.3 Å². The highest BCUT2D eigenvalue weighted by Gasteiger charge is 2.41. The summed E-state index contributed by atoms with van der Waals surface area (Å²) < 4.78 is 56.1. The number of nitrogens with one attached hydrogen (secondary N) is 1. The van der Waals surface area contributed by atoms with Crippen molar-refractivity contribution < 1.29 is 22.3 Å². The van der Waals surface area contributed by atoms with Gasteiger partial charge in [-0.25, -0.2) is 8.78 Å². The van der Waals surface area contributed by atoms with Crippen LogP contribution in [0.3, 0.4) is 0 Å². The molecular weight excluding hydrogens is 290 g/mol. The molecule has 0 saturated heterocycles. The molecular formula is C13H21F4N3O. The lowest BCUT2D eigenvalue weighted by Crippen LogP contribution is -2.34.